The predicted molar refractivity (Wildman–Crippen MR) is 185 cm³/mol. The van der Waals surface area contributed by atoms with Crippen LogP contribution in [-0.2, 0) is 28.3 Å². The van der Waals surface area contributed by atoms with E-state index in [9.17, 15) is 32.7 Å². The first-order valence-corrected chi connectivity index (χ1v) is 16.8. The second kappa shape index (κ2) is 13.9. The van der Waals surface area contributed by atoms with Gasteiger partial charge in [0, 0.05) is 48.9 Å². The predicted octanol–water partition coefficient (Wildman–Crippen LogP) is 3.35. The molecule has 0 fully saturated rings. The lowest BCUT2D eigenvalue weighted by molar-refractivity contribution is -0.139. The van der Waals surface area contributed by atoms with Gasteiger partial charge in [-0.25, -0.2) is 27.9 Å². The van der Waals surface area contributed by atoms with Gasteiger partial charge in [-0.3, -0.25) is 28.8 Å². The Labute approximate surface area is 293 Å². The summed E-state index contributed by atoms with van der Waals surface area (Å²) in [5.41, 5.74) is 0.0196. The highest BCUT2D eigenvalue weighted by Crippen LogP contribution is 2.24. The van der Waals surface area contributed by atoms with Gasteiger partial charge in [-0.1, -0.05) is 18.2 Å². The van der Waals surface area contributed by atoms with E-state index in [2.05, 4.69) is 20.3 Å². The van der Waals surface area contributed by atoms with E-state index in [0.717, 1.165) is 10.3 Å². The van der Waals surface area contributed by atoms with Crippen LogP contribution in [0.4, 0.5) is 14.5 Å². The maximum absolute atomic E-state index is 15.1. The fraction of sp³-hybridized carbons (Fsp3) is 0.114. The van der Waals surface area contributed by atoms with E-state index in [1.165, 1.54) is 72.7 Å². The molecule has 264 valence electrons. The highest BCUT2D eigenvalue weighted by atomic mass is 32.2. The van der Waals surface area contributed by atoms with Gasteiger partial charge in [0.2, 0.25) is 0 Å². The molecule has 0 unspecified atom stereocenters. The lowest BCUT2D eigenvalue weighted by atomic mass is 10.0. The second-order valence-electron chi connectivity index (χ2n) is 11.6. The summed E-state index contributed by atoms with van der Waals surface area (Å²) >= 11 is 0. The third-order valence-corrected chi connectivity index (χ3v) is 9.39. The normalized spacial score (nSPS) is 12.0. The Kier molecular flexibility index (Phi) is 9.45. The Hall–Kier alpha value is -6.62. The van der Waals surface area contributed by atoms with Gasteiger partial charge in [-0.15, -0.1) is 0 Å². The van der Waals surface area contributed by atoms with Gasteiger partial charge >= 0.3 is 11.7 Å². The first kappa shape index (κ1) is 35.2. The number of aromatic nitrogens is 5. The highest BCUT2D eigenvalue weighted by Gasteiger charge is 2.27. The number of halogens is 2. The summed E-state index contributed by atoms with van der Waals surface area (Å²) in [6, 6.07) is 12.9. The molecule has 0 aliphatic carbocycles. The lowest BCUT2D eigenvalue weighted by Gasteiger charge is -2.16. The maximum Gasteiger partial charge on any atom is 0.335 e. The number of nitrogens with one attached hydrogen (secondary N) is 2. The molecule has 2 aromatic carbocycles. The number of carboxylic acids is 1. The molecule has 0 saturated carbocycles. The third-order valence-electron chi connectivity index (χ3n) is 8.09. The molecule has 4 aromatic heterocycles. The molecular weight excluding hydrogens is 700 g/mol. The molecule has 0 bridgehead atoms. The van der Waals surface area contributed by atoms with E-state index < -0.39 is 67.1 Å². The van der Waals surface area contributed by atoms with E-state index in [1.807, 2.05) is 11.6 Å². The van der Waals surface area contributed by atoms with Crippen molar-refractivity contribution in [1.29, 1.82) is 0 Å². The Morgan fingerprint density at radius 3 is 2.15 bits per heavy atom. The van der Waals surface area contributed by atoms with Gasteiger partial charge in [0.05, 0.1) is 28.5 Å². The van der Waals surface area contributed by atoms with Crippen molar-refractivity contribution in [3.05, 3.63) is 141 Å². The Balaban J connectivity index is 1.16. The highest BCUT2D eigenvalue weighted by molar-refractivity contribution is 7.92. The largest absolute Gasteiger partial charge is 0.480 e. The number of hydrogen-bond donors (Lipinski definition) is 3. The van der Waals surface area contributed by atoms with Crippen molar-refractivity contribution in [2.24, 2.45) is 7.05 Å². The van der Waals surface area contributed by atoms with Crippen molar-refractivity contribution >= 4 is 38.5 Å². The quantitative estimate of drug-likeness (QED) is 0.188. The van der Waals surface area contributed by atoms with Crippen LogP contribution in [-0.4, -0.2) is 55.5 Å². The van der Waals surface area contributed by atoms with E-state index in [0.29, 0.717) is 34.3 Å². The van der Waals surface area contributed by atoms with E-state index in [1.54, 1.807) is 18.3 Å². The molecule has 0 radical (unpaired) electrons. The number of hydrogen-bond acceptors (Lipinski definition) is 9. The number of anilines is 1. The number of carbonyl (C=O) groups excluding carboxylic acids is 1. The smallest absolute Gasteiger partial charge is 0.335 e. The van der Waals surface area contributed by atoms with E-state index in [4.69, 9.17) is 0 Å². The minimum absolute atomic E-state index is 0.191. The molecule has 6 rings (SSSR count). The summed E-state index contributed by atoms with van der Waals surface area (Å²) in [6.07, 6.45) is 5.36. The van der Waals surface area contributed by atoms with Crippen molar-refractivity contribution < 1.29 is 31.9 Å². The zero-order valence-electron chi connectivity index (χ0n) is 27.2. The molecule has 1 amide bonds. The molecule has 4 heterocycles. The number of carboxylic acid groups (broad SMARTS) is 1. The zero-order valence-corrected chi connectivity index (χ0v) is 28.1. The summed E-state index contributed by atoms with van der Waals surface area (Å²) in [5, 5.41) is 11.7. The number of fused-ring (bicyclic) bond motifs is 1. The molecule has 0 aliphatic rings. The van der Waals surface area contributed by atoms with Crippen molar-refractivity contribution in [3.8, 4) is 16.8 Å². The second-order valence-corrected chi connectivity index (χ2v) is 13.2. The number of aryl methyl sites for hydroxylation is 2. The van der Waals surface area contributed by atoms with Crippen LogP contribution in [0.3, 0.4) is 0 Å². The van der Waals surface area contributed by atoms with E-state index in [-0.39, 0.29) is 17.5 Å². The Bertz CT molecular complexity index is 2570. The summed E-state index contributed by atoms with van der Waals surface area (Å²) in [6.45, 7) is 1.81. The maximum atomic E-state index is 15.1. The molecule has 6 aromatic rings. The Morgan fingerprint density at radius 1 is 0.904 bits per heavy atom. The van der Waals surface area contributed by atoms with Crippen LogP contribution in [0.15, 0.2) is 106 Å². The minimum Gasteiger partial charge on any atom is -0.480 e. The molecule has 14 nitrogen and oxygen atoms in total. The van der Waals surface area contributed by atoms with Crippen LogP contribution in [0.2, 0.25) is 0 Å². The number of pyridine rings is 3. The van der Waals surface area contributed by atoms with Crippen LogP contribution < -0.4 is 21.3 Å². The zero-order chi connectivity index (χ0) is 37.3. The third kappa shape index (κ3) is 7.02. The number of rotatable bonds is 10. The van der Waals surface area contributed by atoms with E-state index >= 15 is 8.78 Å². The SMILES string of the molecule is Cc1ccc(-c2ccc(S(=O)(=O)Nc3cc(F)c(C(=O)N[C@@H](Cc4ccc(-n5c(=O)c6ccncc6n(C)c5=O)cc4)C(=O)O)c(F)c3)nc2)cn1. The average molecular weight is 728 g/mol. The topological polar surface area (TPSA) is 195 Å². The van der Waals surface area contributed by atoms with Crippen molar-refractivity contribution in [2.45, 2.75) is 24.4 Å². The number of aliphatic carboxylic acids is 1. The van der Waals surface area contributed by atoms with Crippen molar-refractivity contribution in [2.75, 3.05) is 4.72 Å². The fourth-order valence-electron chi connectivity index (χ4n) is 5.37. The molecule has 0 aliphatic heterocycles. The first-order chi connectivity index (χ1) is 24.7. The minimum atomic E-state index is -4.42. The molecule has 0 spiro atoms. The summed E-state index contributed by atoms with van der Waals surface area (Å²) < 4.78 is 60.3. The number of benzene rings is 2. The molecule has 52 heavy (non-hydrogen) atoms. The summed E-state index contributed by atoms with van der Waals surface area (Å²) in [4.78, 5) is 63.1. The number of carbonyl (C=O) groups is 2. The molecule has 3 N–H and O–H groups in total. The number of nitrogens with zero attached hydrogens (tertiary/aromatic N) is 5. The average Bonchev–Trinajstić information content (AvgIpc) is 3.11. The molecule has 0 saturated heterocycles. The van der Waals surface area contributed by atoms with Gasteiger partial charge in [-0.2, -0.15) is 8.42 Å². The Morgan fingerprint density at radius 2 is 1.56 bits per heavy atom. The monoisotopic (exact) mass is 727 g/mol. The summed E-state index contributed by atoms with van der Waals surface area (Å²) in [5.74, 6) is -5.85. The van der Waals surface area contributed by atoms with Gasteiger partial charge in [-0.05, 0) is 61.0 Å². The number of sulfonamides is 1. The lowest BCUT2D eigenvalue weighted by Crippen LogP contribution is -2.43. The van der Waals surface area contributed by atoms with Crippen molar-refractivity contribution in [1.82, 2.24) is 29.4 Å². The van der Waals surface area contributed by atoms with Gasteiger partial charge in [0.15, 0.2) is 5.03 Å². The van der Waals surface area contributed by atoms with Crippen LogP contribution in [0.5, 0.6) is 0 Å². The standard InChI is InChI=1S/C35H27F2N7O7S/c1-19-3-6-21(16-39-19)22-7-10-30(40-17-22)52(50,51)42-23-14-26(36)31(27(37)15-23)32(45)41-28(34(47)48)13-20-4-8-24(9-5-20)44-33(46)25-11-12-38-18-29(25)43(2)35(44)49/h3-12,14-18,28,42H,13H2,1-2H3,(H,41,45)(H,47,48)/t28-/m0/s1. The van der Waals surface area contributed by atoms with Crippen molar-refractivity contribution in [3.63, 3.8) is 0 Å². The fourth-order valence-corrected chi connectivity index (χ4v) is 6.35. The van der Waals surface area contributed by atoms with Crippen LogP contribution in [0.25, 0.3) is 27.7 Å². The molecule has 1 atom stereocenters. The molecule has 17 heteroatoms. The number of amides is 1. The van der Waals surface area contributed by atoms with Crippen LogP contribution in [0.1, 0.15) is 21.6 Å². The van der Waals surface area contributed by atoms with Gasteiger partial charge in [0.25, 0.3) is 21.5 Å². The summed E-state index contributed by atoms with van der Waals surface area (Å²) in [7, 11) is -2.93. The van der Waals surface area contributed by atoms with Gasteiger partial charge < -0.3 is 10.4 Å². The van der Waals surface area contributed by atoms with Gasteiger partial charge in [0.1, 0.15) is 23.2 Å². The van der Waals surface area contributed by atoms with Crippen LogP contribution in [0, 0.1) is 18.6 Å². The van der Waals surface area contributed by atoms with Crippen LogP contribution >= 0.6 is 0 Å². The first-order valence-electron chi connectivity index (χ1n) is 15.3. The molecular formula is C35H27F2N7O7S.